The first-order valence-corrected chi connectivity index (χ1v) is 14.9. The van der Waals surface area contributed by atoms with E-state index in [9.17, 15) is 18.0 Å². The molecule has 7 nitrogen and oxygen atoms in total. The van der Waals surface area contributed by atoms with Crippen molar-refractivity contribution in [2.75, 3.05) is 23.9 Å². The molecule has 0 spiro atoms. The average Bonchev–Trinajstić information content (AvgIpc) is 2.93. The van der Waals surface area contributed by atoms with Gasteiger partial charge in [-0.25, -0.2) is 8.42 Å². The number of nitrogens with one attached hydrogen (secondary N) is 1. The molecule has 0 aromatic heterocycles. The van der Waals surface area contributed by atoms with Crippen molar-refractivity contribution in [1.82, 2.24) is 10.2 Å². The highest BCUT2D eigenvalue weighted by molar-refractivity contribution is 7.92. The number of hydrogen-bond acceptors (Lipinski definition) is 4. The van der Waals surface area contributed by atoms with Gasteiger partial charge in [0.1, 0.15) is 12.6 Å². The van der Waals surface area contributed by atoms with Crippen molar-refractivity contribution < 1.29 is 18.0 Å². The molecule has 1 N–H and O–H groups in total. The molecular weight excluding hydrogens is 534 g/mol. The molecule has 0 fully saturated rings. The first kappa shape index (κ1) is 30.2. The minimum Gasteiger partial charge on any atom is -0.354 e. The predicted octanol–water partition coefficient (Wildman–Crippen LogP) is 5.22. The number of hydrogen-bond donors (Lipinski definition) is 1. The van der Waals surface area contributed by atoms with Gasteiger partial charge in [-0.15, -0.1) is 0 Å². The molecule has 0 bridgehead atoms. The largest absolute Gasteiger partial charge is 0.354 e. The zero-order valence-electron chi connectivity index (χ0n) is 22.6. The number of aryl methyl sites for hydroxylation is 1. The Hall–Kier alpha value is -3.36. The molecule has 1 atom stereocenters. The lowest BCUT2D eigenvalue weighted by Gasteiger charge is -2.33. The third kappa shape index (κ3) is 8.07. The molecule has 3 aromatic rings. The van der Waals surface area contributed by atoms with Gasteiger partial charge in [0.25, 0.3) is 10.0 Å². The number of rotatable bonds is 13. The van der Waals surface area contributed by atoms with E-state index in [2.05, 4.69) is 5.32 Å². The Balaban J connectivity index is 2.00. The van der Waals surface area contributed by atoms with Crippen molar-refractivity contribution in [2.45, 2.75) is 51.0 Å². The van der Waals surface area contributed by atoms with Crippen LogP contribution in [0.25, 0.3) is 0 Å². The van der Waals surface area contributed by atoms with Crippen LogP contribution in [0, 0.1) is 6.92 Å². The molecule has 0 saturated carbocycles. The lowest BCUT2D eigenvalue weighted by molar-refractivity contribution is -0.139. The Morgan fingerprint density at radius 2 is 1.64 bits per heavy atom. The van der Waals surface area contributed by atoms with E-state index in [1.807, 2.05) is 57.2 Å². The van der Waals surface area contributed by atoms with Crippen molar-refractivity contribution in [3.63, 3.8) is 0 Å². The molecule has 0 unspecified atom stereocenters. The van der Waals surface area contributed by atoms with Gasteiger partial charge in [-0.3, -0.25) is 13.9 Å². The first-order chi connectivity index (χ1) is 18.7. The number of nitrogens with zero attached hydrogens (tertiary/aromatic N) is 2. The second-order valence-electron chi connectivity index (χ2n) is 9.34. The fourth-order valence-electron chi connectivity index (χ4n) is 4.31. The average molecular weight is 570 g/mol. The maximum absolute atomic E-state index is 14.0. The van der Waals surface area contributed by atoms with E-state index >= 15 is 0 Å². The maximum atomic E-state index is 14.0. The zero-order valence-corrected chi connectivity index (χ0v) is 24.2. The maximum Gasteiger partial charge on any atom is 0.264 e. The summed E-state index contributed by atoms with van der Waals surface area (Å²) < 4.78 is 28.8. The summed E-state index contributed by atoms with van der Waals surface area (Å²) in [5.41, 5.74) is 2.23. The molecule has 2 amide bonds. The zero-order chi connectivity index (χ0) is 28.4. The Morgan fingerprint density at radius 1 is 0.949 bits per heavy atom. The Bertz CT molecular complexity index is 1350. The summed E-state index contributed by atoms with van der Waals surface area (Å²) in [7, 11) is -4.12. The van der Waals surface area contributed by atoms with E-state index in [1.165, 1.54) is 29.2 Å². The summed E-state index contributed by atoms with van der Waals surface area (Å²) in [6.07, 6.45) is 1.68. The van der Waals surface area contributed by atoms with Crippen molar-refractivity contribution in [3.05, 3.63) is 95.0 Å². The van der Waals surface area contributed by atoms with Crippen LogP contribution in [0.5, 0.6) is 0 Å². The molecular formula is C30H36ClN3O4S. The first-order valence-electron chi connectivity index (χ1n) is 13.1. The molecule has 0 aliphatic heterocycles. The molecule has 39 heavy (non-hydrogen) atoms. The van der Waals surface area contributed by atoms with Gasteiger partial charge in [0, 0.05) is 18.1 Å². The van der Waals surface area contributed by atoms with Gasteiger partial charge >= 0.3 is 0 Å². The third-order valence-electron chi connectivity index (χ3n) is 6.39. The van der Waals surface area contributed by atoms with Crippen LogP contribution in [0.15, 0.2) is 83.8 Å². The Kier molecular flexibility index (Phi) is 10.9. The van der Waals surface area contributed by atoms with Crippen molar-refractivity contribution >= 4 is 39.1 Å². The van der Waals surface area contributed by atoms with Crippen molar-refractivity contribution in [1.29, 1.82) is 0 Å². The van der Waals surface area contributed by atoms with Crippen LogP contribution >= 0.6 is 11.6 Å². The van der Waals surface area contributed by atoms with Gasteiger partial charge in [-0.2, -0.15) is 0 Å². The van der Waals surface area contributed by atoms with Gasteiger partial charge < -0.3 is 10.2 Å². The van der Waals surface area contributed by atoms with Crippen LogP contribution in [0.1, 0.15) is 37.8 Å². The van der Waals surface area contributed by atoms with Crippen LogP contribution in [-0.4, -0.2) is 50.8 Å². The summed E-state index contributed by atoms with van der Waals surface area (Å²) in [5, 5.41) is 3.30. The highest BCUT2D eigenvalue weighted by atomic mass is 35.5. The smallest absolute Gasteiger partial charge is 0.264 e. The van der Waals surface area contributed by atoms with Crippen LogP contribution in [0.4, 0.5) is 5.69 Å². The molecule has 0 heterocycles. The van der Waals surface area contributed by atoms with E-state index in [0.29, 0.717) is 30.1 Å². The van der Waals surface area contributed by atoms with Crippen LogP contribution in [-0.2, 0) is 26.0 Å². The fourth-order valence-corrected chi connectivity index (χ4v) is 5.84. The molecule has 0 aliphatic carbocycles. The fraction of sp³-hybridized carbons (Fsp3) is 0.333. The van der Waals surface area contributed by atoms with Crippen LogP contribution in [0.3, 0.4) is 0 Å². The van der Waals surface area contributed by atoms with Crippen LogP contribution in [0.2, 0.25) is 5.02 Å². The van der Waals surface area contributed by atoms with Crippen LogP contribution < -0.4 is 9.62 Å². The molecule has 0 aliphatic rings. The Morgan fingerprint density at radius 3 is 2.26 bits per heavy atom. The molecule has 0 radical (unpaired) electrons. The SMILES string of the molecule is CCCNC(=O)[C@@H](CC)N(CCc1ccccc1)C(=O)CN(c1cccc(C)c1)S(=O)(=O)c1ccc(Cl)cc1. The van der Waals surface area contributed by atoms with Gasteiger partial charge in [0.15, 0.2) is 0 Å². The molecule has 3 rings (SSSR count). The molecule has 3 aromatic carbocycles. The summed E-state index contributed by atoms with van der Waals surface area (Å²) in [6.45, 7) is 5.97. The number of carbonyl (C=O) groups is 2. The summed E-state index contributed by atoms with van der Waals surface area (Å²) in [6, 6.07) is 21.8. The standard InChI is InChI=1S/C30H36ClN3O4S/c1-4-19-32-30(36)28(5-2)33(20-18-24-11-7-6-8-12-24)29(35)22-34(26-13-9-10-23(3)21-26)39(37,38)27-16-14-25(31)15-17-27/h6-17,21,28H,4-5,18-20,22H2,1-3H3,(H,32,36)/t28-/m1/s1. The number of anilines is 1. The number of carbonyl (C=O) groups excluding carboxylic acids is 2. The number of amides is 2. The van der Waals surface area contributed by atoms with E-state index in [0.717, 1.165) is 21.9 Å². The topological polar surface area (TPSA) is 86.8 Å². The third-order valence-corrected chi connectivity index (χ3v) is 8.43. The number of halogens is 1. The van der Waals surface area contributed by atoms with Gasteiger partial charge in [-0.05, 0) is 73.7 Å². The predicted molar refractivity (Wildman–Crippen MR) is 156 cm³/mol. The minimum absolute atomic E-state index is 0.0183. The van der Waals surface area contributed by atoms with E-state index in [1.54, 1.807) is 18.2 Å². The highest BCUT2D eigenvalue weighted by Gasteiger charge is 2.33. The quantitative estimate of drug-likeness (QED) is 0.306. The van der Waals surface area contributed by atoms with E-state index in [4.69, 9.17) is 11.6 Å². The summed E-state index contributed by atoms with van der Waals surface area (Å²) in [5.74, 6) is -0.702. The molecule has 9 heteroatoms. The lowest BCUT2D eigenvalue weighted by atomic mass is 10.1. The summed E-state index contributed by atoms with van der Waals surface area (Å²) >= 11 is 6.00. The van der Waals surface area contributed by atoms with Crippen molar-refractivity contribution in [3.8, 4) is 0 Å². The second-order valence-corrected chi connectivity index (χ2v) is 11.6. The minimum atomic E-state index is -4.12. The van der Waals surface area contributed by atoms with Gasteiger partial charge in [0.05, 0.1) is 10.6 Å². The molecule has 0 saturated heterocycles. The second kappa shape index (κ2) is 14.1. The number of sulfonamides is 1. The monoisotopic (exact) mass is 569 g/mol. The highest BCUT2D eigenvalue weighted by Crippen LogP contribution is 2.26. The number of benzene rings is 3. The van der Waals surface area contributed by atoms with Crippen molar-refractivity contribution in [2.24, 2.45) is 0 Å². The summed E-state index contributed by atoms with van der Waals surface area (Å²) in [4.78, 5) is 28.6. The van der Waals surface area contributed by atoms with Gasteiger partial charge in [0.2, 0.25) is 11.8 Å². The van der Waals surface area contributed by atoms with Gasteiger partial charge in [-0.1, -0.05) is 67.9 Å². The van der Waals surface area contributed by atoms with E-state index < -0.39 is 28.5 Å². The lowest BCUT2D eigenvalue weighted by Crippen LogP contribution is -2.53. The molecule has 208 valence electrons. The van der Waals surface area contributed by atoms with E-state index in [-0.39, 0.29) is 17.3 Å². The normalized spacial score (nSPS) is 12.0. The Labute approximate surface area is 236 Å².